The number of carbonyl (C=O) groups is 1. The van der Waals surface area contributed by atoms with Gasteiger partial charge in [0.05, 0.1) is 10.6 Å². The Morgan fingerprint density at radius 1 is 1.03 bits per heavy atom. The van der Waals surface area contributed by atoms with E-state index in [0.29, 0.717) is 43.9 Å². The van der Waals surface area contributed by atoms with Crippen LogP contribution in [-0.4, -0.2) is 85.5 Å². The maximum Gasteiger partial charge on any atom is 0.249 e. The fourth-order valence-electron chi connectivity index (χ4n) is 5.49. The molecule has 2 N–H and O–H groups in total. The van der Waals surface area contributed by atoms with Gasteiger partial charge >= 0.3 is 0 Å². The Morgan fingerprint density at radius 3 is 2.32 bits per heavy atom. The summed E-state index contributed by atoms with van der Waals surface area (Å²) in [5.41, 5.74) is 0.667. The van der Waals surface area contributed by atoms with Crippen LogP contribution >= 0.6 is 0 Å². The molecule has 3 aliphatic heterocycles. The summed E-state index contributed by atoms with van der Waals surface area (Å²) in [7, 11) is -3.54. The van der Waals surface area contributed by atoms with Crippen LogP contribution in [0.15, 0.2) is 41.3 Å². The molecule has 4 heterocycles. The molecule has 5 rings (SSSR count). The number of nitrogens with zero attached hydrogens (tertiary/aromatic N) is 4. The Hall–Kier alpha value is -2.73. The van der Waals surface area contributed by atoms with E-state index in [1.165, 1.54) is 0 Å². The van der Waals surface area contributed by atoms with Crippen molar-refractivity contribution >= 4 is 38.9 Å². The molecule has 3 aliphatic rings. The minimum atomic E-state index is -3.54. The third-order valence-corrected chi connectivity index (χ3v) is 9.75. The number of pyridine rings is 1. The molecule has 1 aromatic carbocycles. The molecule has 0 bridgehead atoms. The van der Waals surface area contributed by atoms with E-state index in [1.54, 1.807) is 28.6 Å². The summed E-state index contributed by atoms with van der Waals surface area (Å²) in [6, 6.07) is 11.1. The van der Waals surface area contributed by atoms with E-state index in [2.05, 4.69) is 34.3 Å². The Balaban J connectivity index is 1.34. The third-order valence-electron chi connectivity index (χ3n) is 7.83. The van der Waals surface area contributed by atoms with Gasteiger partial charge in [0.1, 0.15) is 11.4 Å². The van der Waals surface area contributed by atoms with E-state index in [-0.39, 0.29) is 16.8 Å². The van der Waals surface area contributed by atoms with Gasteiger partial charge in [0.2, 0.25) is 15.9 Å². The number of aromatic nitrogens is 1. The number of amides is 1. The normalized spacial score (nSPS) is 21.3. The average molecular weight is 543 g/mol. The molecule has 2 saturated heterocycles. The Bertz CT molecular complexity index is 1270. The van der Waals surface area contributed by atoms with Gasteiger partial charge in [-0.3, -0.25) is 9.69 Å². The standard InChI is InChI=1S/C27H38N6O4S/c1-19(2)31-13-15-32(16-14-31)38(35,36)22-7-5-20(6-8-22)28-24-10-9-23-25(30-24)33(21-11-17-37-18-12-21)27(3,4)26(34)29-23/h5-10,19,21H,11-18H2,1-4H3,(H,28,30)(H,29,34). The van der Waals surface area contributed by atoms with Gasteiger partial charge in [-0.05, 0) is 76.9 Å². The molecule has 0 saturated carbocycles. The van der Waals surface area contributed by atoms with E-state index < -0.39 is 15.6 Å². The Morgan fingerprint density at radius 2 is 1.68 bits per heavy atom. The van der Waals surface area contributed by atoms with Gasteiger partial charge in [-0.1, -0.05) is 0 Å². The molecular weight excluding hydrogens is 504 g/mol. The summed E-state index contributed by atoms with van der Waals surface area (Å²) in [5, 5.41) is 6.30. The van der Waals surface area contributed by atoms with Crippen LogP contribution in [-0.2, 0) is 19.6 Å². The fraction of sp³-hybridized carbons (Fsp3) is 0.556. The number of ether oxygens (including phenoxy) is 1. The van der Waals surface area contributed by atoms with Gasteiger partial charge in [-0.15, -0.1) is 0 Å². The molecular formula is C27H38N6O4S. The first-order valence-corrected chi connectivity index (χ1v) is 14.8. The fourth-order valence-corrected chi connectivity index (χ4v) is 6.91. The predicted octanol–water partition coefficient (Wildman–Crippen LogP) is 3.26. The van der Waals surface area contributed by atoms with Crippen molar-refractivity contribution in [3.8, 4) is 0 Å². The van der Waals surface area contributed by atoms with Gasteiger partial charge in [-0.25, -0.2) is 13.4 Å². The van der Waals surface area contributed by atoms with Crippen LogP contribution in [0, 0.1) is 0 Å². The molecule has 0 spiro atoms. The zero-order valence-electron chi connectivity index (χ0n) is 22.6. The molecule has 1 amide bonds. The van der Waals surface area contributed by atoms with Crippen LogP contribution in [0.5, 0.6) is 0 Å². The van der Waals surface area contributed by atoms with Crippen molar-refractivity contribution in [1.82, 2.24) is 14.2 Å². The highest BCUT2D eigenvalue weighted by atomic mass is 32.2. The van der Waals surface area contributed by atoms with Crippen LogP contribution < -0.4 is 15.5 Å². The minimum absolute atomic E-state index is 0.0542. The zero-order chi connectivity index (χ0) is 27.1. The van der Waals surface area contributed by atoms with Crippen LogP contribution in [0.25, 0.3) is 0 Å². The summed E-state index contributed by atoms with van der Waals surface area (Å²) < 4.78 is 33.5. The second-order valence-electron chi connectivity index (χ2n) is 11.0. The molecule has 0 radical (unpaired) electrons. The number of anilines is 4. The number of piperazine rings is 1. The summed E-state index contributed by atoms with van der Waals surface area (Å²) in [5.74, 6) is 1.29. The van der Waals surface area contributed by atoms with Gasteiger partial charge < -0.3 is 20.3 Å². The molecule has 2 aromatic rings. The first-order valence-electron chi connectivity index (χ1n) is 13.4. The highest BCUT2D eigenvalue weighted by Gasteiger charge is 2.44. The number of hydrogen-bond donors (Lipinski definition) is 2. The average Bonchev–Trinajstić information content (AvgIpc) is 2.90. The summed E-state index contributed by atoms with van der Waals surface area (Å²) in [4.78, 5) is 22.5. The quantitative estimate of drug-likeness (QED) is 0.573. The molecule has 38 heavy (non-hydrogen) atoms. The number of sulfonamides is 1. The topological polar surface area (TPSA) is 107 Å². The van der Waals surface area contributed by atoms with Gasteiger partial charge in [0.25, 0.3) is 0 Å². The third kappa shape index (κ3) is 5.12. The zero-order valence-corrected chi connectivity index (χ0v) is 23.4. The molecule has 2 fully saturated rings. The maximum absolute atomic E-state index is 13.2. The monoisotopic (exact) mass is 542 g/mol. The van der Waals surface area contributed by atoms with E-state index in [4.69, 9.17) is 9.72 Å². The van der Waals surface area contributed by atoms with Crippen molar-refractivity contribution in [2.75, 3.05) is 54.9 Å². The number of fused-ring (bicyclic) bond motifs is 1. The Labute approximate surface area is 225 Å². The lowest BCUT2D eigenvalue weighted by Crippen LogP contribution is -2.61. The highest BCUT2D eigenvalue weighted by Crippen LogP contribution is 2.40. The van der Waals surface area contributed by atoms with Gasteiger partial charge in [-0.2, -0.15) is 4.31 Å². The van der Waals surface area contributed by atoms with Crippen molar-refractivity contribution in [3.05, 3.63) is 36.4 Å². The van der Waals surface area contributed by atoms with E-state index in [1.807, 2.05) is 26.0 Å². The smallest absolute Gasteiger partial charge is 0.249 e. The number of rotatable bonds is 6. The molecule has 1 aromatic heterocycles. The largest absolute Gasteiger partial charge is 0.381 e. The molecule has 0 aliphatic carbocycles. The first kappa shape index (κ1) is 26.9. The minimum Gasteiger partial charge on any atom is -0.381 e. The second kappa shape index (κ2) is 10.4. The van der Waals surface area contributed by atoms with Crippen molar-refractivity contribution in [2.45, 2.75) is 63.1 Å². The predicted molar refractivity (Wildman–Crippen MR) is 148 cm³/mol. The molecule has 206 valence electrons. The lowest BCUT2D eigenvalue weighted by Gasteiger charge is -2.48. The van der Waals surface area contributed by atoms with Crippen LogP contribution in [0.2, 0.25) is 0 Å². The first-order chi connectivity index (χ1) is 18.1. The molecule has 0 unspecified atom stereocenters. The van der Waals surface area contributed by atoms with Crippen molar-refractivity contribution in [3.63, 3.8) is 0 Å². The highest BCUT2D eigenvalue weighted by molar-refractivity contribution is 7.89. The number of nitrogens with one attached hydrogen (secondary N) is 2. The van der Waals surface area contributed by atoms with Gasteiger partial charge in [0, 0.05) is 57.2 Å². The van der Waals surface area contributed by atoms with E-state index in [9.17, 15) is 13.2 Å². The van der Waals surface area contributed by atoms with Crippen LogP contribution in [0.3, 0.4) is 0 Å². The van der Waals surface area contributed by atoms with Crippen molar-refractivity contribution in [2.24, 2.45) is 0 Å². The lowest BCUT2D eigenvalue weighted by atomic mass is 9.93. The maximum atomic E-state index is 13.2. The lowest BCUT2D eigenvalue weighted by molar-refractivity contribution is -0.120. The number of hydrogen-bond acceptors (Lipinski definition) is 8. The molecule has 0 atom stereocenters. The number of benzene rings is 1. The molecule has 11 heteroatoms. The van der Waals surface area contributed by atoms with Crippen molar-refractivity contribution in [1.29, 1.82) is 0 Å². The molecule has 10 nitrogen and oxygen atoms in total. The van der Waals surface area contributed by atoms with E-state index in [0.717, 1.165) is 37.4 Å². The van der Waals surface area contributed by atoms with Gasteiger partial charge in [0.15, 0.2) is 5.82 Å². The summed E-state index contributed by atoms with van der Waals surface area (Å²) >= 11 is 0. The van der Waals surface area contributed by atoms with Crippen LogP contribution in [0.4, 0.5) is 23.0 Å². The van der Waals surface area contributed by atoms with Crippen molar-refractivity contribution < 1.29 is 17.9 Å². The van der Waals surface area contributed by atoms with Crippen LogP contribution in [0.1, 0.15) is 40.5 Å². The van der Waals surface area contributed by atoms with E-state index >= 15 is 0 Å². The Kier molecular flexibility index (Phi) is 7.38. The summed E-state index contributed by atoms with van der Waals surface area (Å²) in [6.45, 7) is 11.9. The SMILES string of the molecule is CC(C)N1CCN(S(=O)(=O)c2ccc(Nc3ccc4c(n3)N(C3CCOCC3)C(C)(C)C(=O)N4)cc2)CC1. The summed E-state index contributed by atoms with van der Waals surface area (Å²) in [6.07, 6.45) is 1.66. The number of carbonyl (C=O) groups excluding carboxylic acids is 1. The second-order valence-corrected chi connectivity index (χ2v) is 12.9.